The Hall–Kier alpha value is -1.36. The Labute approximate surface area is 76.7 Å². The Morgan fingerprint density at radius 2 is 2.54 bits per heavy atom. The number of carbonyl (C=O) groups is 1. The van der Waals surface area contributed by atoms with Crippen molar-refractivity contribution in [2.45, 2.75) is 6.54 Å². The van der Waals surface area contributed by atoms with Crippen molar-refractivity contribution in [2.75, 3.05) is 20.7 Å². The molecule has 13 heavy (non-hydrogen) atoms. The molecule has 0 amide bonds. The molecule has 0 saturated heterocycles. The molecule has 0 aromatic carbocycles. The molecule has 0 unspecified atom stereocenters. The largest absolute Gasteiger partial charge is 0.464 e. The van der Waals surface area contributed by atoms with Gasteiger partial charge in [0.15, 0.2) is 0 Å². The molecule has 0 bridgehead atoms. The number of aromatic nitrogens is 2. The molecule has 0 spiro atoms. The summed E-state index contributed by atoms with van der Waals surface area (Å²) in [6, 6.07) is 1.64. The number of esters is 1. The van der Waals surface area contributed by atoms with Crippen molar-refractivity contribution in [3.8, 4) is 0 Å². The molecule has 1 aromatic heterocycles. The Morgan fingerprint density at radius 1 is 1.77 bits per heavy atom. The number of hydrogen-bond donors (Lipinski definition) is 1. The van der Waals surface area contributed by atoms with Gasteiger partial charge in [0.2, 0.25) is 0 Å². The first kappa shape index (κ1) is 9.73. The third-order valence-electron chi connectivity index (χ3n) is 1.68. The monoisotopic (exact) mass is 183 g/mol. The third-order valence-corrected chi connectivity index (χ3v) is 1.68. The van der Waals surface area contributed by atoms with Crippen molar-refractivity contribution >= 4 is 5.97 Å². The van der Waals surface area contributed by atoms with Crippen LogP contribution in [0.2, 0.25) is 0 Å². The number of hydrogen-bond acceptors (Lipinski definition) is 4. The summed E-state index contributed by atoms with van der Waals surface area (Å²) in [5.41, 5.74) is 0.484. The van der Waals surface area contributed by atoms with E-state index in [-0.39, 0.29) is 5.97 Å². The number of likely N-dealkylation sites (N-methyl/N-ethyl adjacent to an activating group) is 1. The zero-order valence-corrected chi connectivity index (χ0v) is 7.78. The van der Waals surface area contributed by atoms with Crippen molar-refractivity contribution < 1.29 is 9.53 Å². The van der Waals surface area contributed by atoms with Gasteiger partial charge in [0.05, 0.1) is 13.7 Å². The van der Waals surface area contributed by atoms with E-state index in [4.69, 9.17) is 0 Å². The van der Waals surface area contributed by atoms with E-state index in [1.165, 1.54) is 7.11 Å². The molecule has 0 atom stereocenters. The lowest BCUT2D eigenvalue weighted by atomic mass is 10.4. The summed E-state index contributed by atoms with van der Waals surface area (Å²) in [5.74, 6) is -0.353. The highest BCUT2D eigenvalue weighted by Crippen LogP contribution is 1.99. The highest BCUT2D eigenvalue weighted by atomic mass is 16.5. The second-order valence-corrected chi connectivity index (χ2v) is 2.53. The first-order chi connectivity index (χ1) is 6.29. The molecule has 5 nitrogen and oxygen atoms in total. The van der Waals surface area contributed by atoms with Gasteiger partial charge in [-0.05, 0) is 13.1 Å². The molecule has 72 valence electrons. The van der Waals surface area contributed by atoms with Gasteiger partial charge in [-0.3, -0.25) is 4.68 Å². The Morgan fingerprint density at radius 3 is 3.15 bits per heavy atom. The van der Waals surface area contributed by atoms with Gasteiger partial charge < -0.3 is 10.1 Å². The van der Waals surface area contributed by atoms with Crippen LogP contribution in [0.5, 0.6) is 0 Å². The zero-order chi connectivity index (χ0) is 9.68. The Kier molecular flexibility index (Phi) is 3.45. The summed E-state index contributed by atoms with van der Waals surface area (Å²) in [7, 11) is 3.21. The number of methoxy groups -OCH3 is 1. The van der Waals surface area contributed by atoms with Gasteiger partial charge in [0.1, 0.15) is 5.69 Å². The summed E-state index contributed by atoms with van der Waals surface area (Å²) >= 11 is 0. The minimum Gasteiger partial charge on any atom is -0.464 e. The van der Waals surface area contributed by atoms with Gasteiger partial charge >= 0.3 is 5.97 Å². The van der Waals surface area contributed by atoms with E-state index in [1.54, 1.807) is 16.9 Å². The van der Waals surface area contributed by atoms with Gasteiger partial charge in [-0.15, -0.1) is 0 Å². The van der Waals surface area contributed by atoms with Gasteiger partial charge in [0, 0.05) is 12.7 Å². The van der Waals surface area contributed by atoms with Gasteiger partial charge in [0.25, 0.3) is 0 Å². The molecule has 1 rings (SSSR count). The quantitative estimate of drug-likeness (QED) is 0.662. The molecule has 0 radical (unpaired) electrons. The summed E-state index contributed by atoms with van der Waals surface area (Å²) < 4.78 is 6.21. The first-order valence-electron chi connectivity index (χ1n) is 4.04. The van der Waals surface area contributed by atoms with E-state index in [2.05, 4.69) is 15.2 Å². The molecule has 1 N–H and O–H groups in total. The van der Waals surface area contributed by atoms with Crippen LogP contribution in [0.3, 0.4) is 0 Å². The maximum atomic E-state index is 11.2. The van der Waals surface area contributed by atoms with E-state index >= 15 is 0 Å². The van der Waals surface area contributed by atoms with E-state index in [0.29, 0.717) is 12.2 Å². The van der Waals surface area contributed by atoms with Crippen LogP contribution in [0.1, 0.15) is 10.5 Å². The molecule has 5 heteroatoms. The topological polar surface area (TPSA) is 56.2 Å². The van der Waals surface area contributed by atoms with Gasteiger partial charge in [-0.1, -0.05) is 0 Å². The highest BCUT2D eigenvalue weighted by molar-refractivity contribution is 5.87. The van der Waals surface area contributed by atoms with Crippen molar-refractivity contribution in [3.05, 3.63) is 18.0 Å². The van der Waals surface area contributed by atoms with E-state index < -0.39 is 0 Å². The third kappa shape index (κ3) is 2.29. The van der Waals surface area contributed by atoms with Crippen molar-refractivity contribution in [1.29, 1.82) is 0 Å². The molecule has 0 fully saturated rings. The smallest absolute Gasteiger partial charge is 0.356 e. The number of ether oxygens (including phenoxy) is 1. The SMILES string of the molecule is CNCCn1nccc1C(=O)OC. The number of rotatable bonds is 4. The second-order valence-electron chi connectivity index (χ2n) is 2.53. The summed E-state index contributed by atoms with van der Waals surface area (Å²) in [6.07, 6.45) is 1.59. The van der Waals surface area contributed by atoms with Crippen molar-refractivity contribution in [3.63, 3.8) is 0 Å². The number of nitrogens with zero attached hydrogens (tertiary/aromatic N) is 2. The van der Waals surface area contributed by atoms with Crippen LogP contribution in [0, 0.1) is 0 Å². The normalized spacial score (nSPS) is 10.0. The highest BCUT2D eigenvalue weighted by Gasteiger charge is 2.10. The number of nitrogens with one attached hydrogen (secondary N) is 1. The molecule has 1 aromatic rings. The van der Waals surface area contributed by atoms with Crippen LogP contribution < -0.4 is 5.32 Å². The average molecular weight is 183 g/mol. The number of carbonyl (C=O) groups excluding carboxylic acids is 1. The lowest BCUT2D eigenvalue weighted by Crippen LogP contribution is -2.19. The summed E-state index contributed by atoms with van der Waals surface area (Å²) in [5, 5.41) is 6.98. The molecule has 0 aliphatic carbocycles. The molecular weight excluding hydrogens is 170 g/mol. The average Bonchev–Trinajstić information content (AvgIpc) is 2.61. The summed E-state index contributed by atoms with van der Waals surface area (Å²) in [6.45, 7) is 1.43. The van der Waals surface area contributed by atoms with E-state index in [9.17, 15) is 4.79 Å². The van der Waals surface area contributed by atoms with Crippen LogP contribution in [0.15, 0.2) is 12.3 Å². The fourth-order valence-corrected chi connectivity index (χ4v) is 1.01. The maximum Gasteiger partial charge on any atom is 0.356 e. The Balaban J connectivity index is 2.71. The van der Waals surface area contributed by atoms with Crippen molar-refractivity contribution in [1.82, 2.24) is 15.1 Å². The van der Waals surface area contributed by atoms with Crippen LogP contribution in [-0.2, 0) is 11.3 Å². The van der Waals surface area contributed by atoms with Crippen molar-refractivity contribution in [2.24, 2.45) is 0 Å². The van der Waals surface area contributed by atoms with E-state index in [1.807, 2.05) is 7.05 Å². The predicted molar refractivity (Wildman–Crippen MR) is 47.5 cm³/mol. The van der Waals surface area contributed by atoms with E-state index in [0.717, 1.165) is 6.54 Å². The van der Waals surface area contributed by atoms with Crippen LogP contribution in [0.25, 0.3) is 0 Å². The molecule has 1 heterocycles. The Bertz CT molecular complexity index is 283. The molecule has 0 saturated carbocycles. The lowest BCUT2D eigenvalue weighted by Gasteiger charge is -2.04. The molecule has 0 aliphatic rings. The maximum absolute atomic E-state index is 11.2. The molecule has 0 aliphatic heterocycles. The molecular formula is C8H13N3O2. The first-order valence-corrected chi connectivity index (χ1v) is 4.04. The fourth-order valence-electron chi connectivity index (χ4n) is 1.01. The van der Waals surface area contributed by atoms with Crippen LogP contribution >= 0.6 is 0 Å². The van der Waals surface area contributed by atoms with Crippen LogP contribution in [0.4, 0.5) is 0 Å². The van der Waals surface area contributed by atoms with Gasteiger partial charge in [-0.25, -0.2) is 4.79 Å². The standard InChI is InChI=1S/C8H13N3O2/c1-9-5-6-11-7(3-4-10-11)8(12)13-2/h3-4,9H,5-6H2,1-2H3. The second kappa shape index (κ2) is 4.61. The minimum absolute atomic E-state index is 0.353. The predicted octanol–water partition coefficient (Wildman–Crippen LogP) is -0.111. The fraction of sp³-hybridized carbons (Fsp3) is 0.500. The van der Waals surface area contributed by atoms with Gasteiger partial charge in [-0.2, -0.15) is 5.10 Å². The zero-order valence-electron chi connectivity index (χ0n) is 7.78. The van der Waals surface area contributed by atoms with Crippen LogP contribution in [-0.4, -0.2) is 36.5 Å². The lowest BCUT2D eigenvalue weighted by molar-refractivity contribution is 0.0586. The minimum atomic E-state index is -0.353. The summed E-state index contributed by atoms with van der Waals surface area (Å²) in [4.78, 5) is 11.2.